The van der Waals surface area contributed by atoms with Crippen molar-refractivity contribution < 1.29 is 14.3 Å². The fraction of sp³-hybridized carbons (Fsp3) is 0.211. The number of benzene rings is 2. The molecule has 0 radical (unpaired) electrons. The van der Waals surface area contributed by atoms with E-state index in [1.54, 1.807) is 26.2 Å². The maximum Gasteiger partial charge on any atom is 0.318 e. The summed E-state index contributed by atoms with van der Waals surface area (Å²) >= 11 is 0. The highest BCUT2D eigenvalue weighted by atomic mass is 16.5. The Morgan fingerprint density at radius 3 is 2.75 bits per heavy atom. The number of esters is 1. The van der Waals surface area contributed by atoms with Gasteiger partial charge in [-0.15, -0.1) is 0 Å². The van der Waals surface area contributed by atoms with E-state index in [4.69, 9.17) is 15.2 Å². The second-order valence-corrected chi connectivity index (χ2v) is 5.48. The summed E-state index contributed by atoms with van der Waals surface area (Å²) in [5.74, 6) is -0.333. The molecular weight excluding hydrogens is 304 g/mol. The molecular formula is C19H20N2O3. The summed E-state index contributed by atoms with van der Waals surface area (Å²) in [7, 11) is 1.57. The Kier molecular flexibility index (Phi) is 4.42. The number of carbonyl (C=O) groups is 1. The lowest BCUT2D eigenvalue weighted by atomic mass is 9.90. The number of hydrogen-bond acceptors (Lipinski definition) is 4. The Morgan fingerprint density at radius 1 is 1.21 bits per heavy atom. The fourth-order valence-corrected chi connectivity index (χ4v) is 2.95. The first-order valence-electron chi connectivity index (χ1n) is 7.81. The van der Waals surface area contributed by atoms with Crippen molar-refractivity contribution in [2.45, 2.75) is 12.8 Å². The number of rotatable bonds is 5. The first-order valence-corrected chi connectivity index (χ1v) is 7.81. The summed E-state index contributed by atoms with van der Waals surface area (Å²) in [4.78, 5) is 15.9. The highest BCUT2D eigenvalue weighted by Gasteiger charge is 2.29. The maximum atomic E-state index is 12.7. The minimum absolute atomic E-state index is 0.314. The second-order valence-electron chi connectivity index (χ2n) is 5.48. The lowest BCUT2D eigenvalue weighted by Crippen LogP contribution is -2.18. The lowest BCUT2D eigenvalue weighted by Gasteiger charge is -2.19. The summed E-state index contributed by atoms with van der Waals surface area (Å²) in [5, 5.41) is 0.981. The number of fused-ring (bicyclic) bond motifs is 1. The second kappa shape index (κ2) is 6.66. The topological polar surface area (TPSA) is 77.3 Å². The summed E-state index contributed by atoms with van der Waals surface area (Å²) in [6.07, 6.45) is 1.85. The Bertz CT molecular complexity index is 870. The highest BCUT2D eigenvalue weighted by Crippen LogP contribution is 2.37. The molecule has 2 aromatic carbocycles. The number of para-hydroxylation sites is 1. The van der Waals surface area contributed by atoms with E-state index in [1.807, 2.05) is 36.5 Å². The van der Waals surface area contributed by atoms with Crippen molar-refractivity contribution in [1.29, 1.82) is 0 Å². The third-order valence-corrected chi connectivity index (χ3v) is 4.02. The molecule has 0 amide bonds. The van der Waals surface area contributed by atoms with E-state index in [-0.39, 0.29) is 5.97 Å². The smallest absolute Gasteiger partial charge is 0.318 e. The van der Waals surface area contributed by atoms with Crippen LogP contribution in [0.1, 0.15) is 24.0 Å². The Labute approximate surface area is 140 Å². The molecule has 0 saturated heterocycles. The van der Waals surface area contributed by atoms with E-state index in [0.29, 0.717) is 18.0 Å². The van der Waals surface area contributed by atoms with Gasteiger partial charge in [0.1, 0.15) is 11.7 Å². The fourth-order valence-electron chi connectivity index (χ4n) is 2.95. The number of aromatic amines is 1. The quantitative estimate of drug-likeness (QED) is 0.556. The van der Waals surface area contributed by atoms with Crippen molar-refractivity contribution >= 4 is 22.6 Å². The monoisotopic (exact) mass is 324 g/mol. The van der Waals surface area contributed by atoms with Gasteiger partial charge in [0.25, 0.3) is 0 Å². The van der Waals surface area contributed by atoms with Gasteiger partial charge in [-0.25, -0.2) is 0 Å². The van der Waals surface area contributed by atoms with Gasteiger partial charge in [0.05, 0.1) is 13.7 Å². The van der Waals surface area contributed by atoms with Gasteiger partial charge in [-0.3, -0.25) is 4.79 Å². The number of nitrogens with two attached hydrogens (primary N) is 1. The van der Waals surface area contributed by atoms with Crippen LogP contribution in [0.25, 0.3) is 10.9 Å². The van der Waals surface area contributed by atoms with E-state index in [9.17, 15) is 4.79 Å². The molecule has 0 saturated carbocycles. The molecule has 0 aliphatic carbocycles. The number of anilines is 1. The van der Waals surface area contributed by atoms with Crippen LogP contribution in [0.2, 0.25) is 0 Å². The molecule has 1 unspecified atom stereocenters. The van der Waals surface area contributed by atoms with Crippen LogP contribution in [0, 0.1) is 0 Å². The molecule has 0 aliphatic rings. The highest BCUT2D eigenvalue weighted by molar-refractivity contribution is 5.92. The standard InChI is InChI=1S/C19H20N2O3/c1-3-24-19(22)18(14-9-8-12(20)10-17(14)23-2)15-11-21-16-7-5-4-6-13(15)16/h4-11,18,21H,3,20H2,1-2H3. The predicted molar refractivity (Wildman–Crippen MR) is 94.2 cm³/mol. The summed E-state index contributed by atoms with van der Waals surface area (Å²) in [5.41, 5.74) is 8.98. The number of nitrogens with one attached hydrogen (secondary N) is 1. The molecule has 3 N–H and O–H groups in total. The van der Waals surface area contributed by atoms with Crippen LogP contribution in [0.5, 0.6) is 5.75 Å². The number of methoxy groups -OCH3 is 1. The van der Waals surface area contributed by atoms with Gasteiger partial charge in [-0.1, -0.05) is 24.3 Å². The largest absolute Gasteiger partial charge is 0.496 e. The SMILES string of the molecule is CCOC(=O)C(c1ccc(N)cc1OC)c1c[nH]c2ccccc12. The first kappa shape index (κ1) is 15.9. The Balaban J connectivity index is 2.19. The zero-order valence-electron chi connectivity index (χ0n) is 13.7. The van der Waals surface area contributed by atoms with Crippen molar-refractivity contribution in [3.8, 4) is 5.75 Å². The van der Waals surface area contributed by atoms with Gasteiger partial charge >= 0.3 is 5.97 Å². The number of aromatic nitrogens is 1. The molecule has 0 fully saturated rings. The molecule has 3 aromatic rings. The van der Waals surface area contributed by atoms with E-state index >= 15 is 0 Å². The molecule has 0 aliphatic heterocycles. The van der Waals surface area contributed by atoms with Crippen LogP contribution in [0.3, 0.4) is 0 Å². The van der Waals surface area contributed by atoms with E-state index in [0.717, 1.165) is 22.0 Å². The molecule has 5 nitrogen and oxygen atoms in total. The molecule has 1 aromatic heterocycles. The third kappa shape index (κ3) is 2.80. The molecule has 24 heavy (non-hydrogen) atoms. The van der Waals surface area contributed by atoms with Gasteiger partial charge in [-0.05, 0) is 24.6 Å². The van der Waals surface area contributed by atoms with Gasteiger partial charge in [-0.2, -0.15) is 0 Å². The molecule has 0 spiro atoms. The van der Waals surface area contributed by atoms with E-state index in [1.165, 1.54) is 0 Å². The van der Waals surface area contributed by atoms with Crippen molar-refractivity contribution in [2.24, 2.45) is 0 Å². The number of ether oxygens (including phenoxy) is 2. The van der Waals surface area contributed by atoms with Crippen LogP contribution in [0.4, 0.5) is 5.69 Å². The van der Waals surface area contributed by atoms with E-state index in [2.05, 4.69) is 4.98 Å². The van der Waals surface area contributed by atoms with Crippen LogP contribution >= 0.6 is 0 Å². The average Bonchev–Trinajstić information content (AvgIpc) is 3.00. The van der Waals surface area contributed by atoms with E-state index < -0.39 is 5.92 Å². The van der Waals surface area contributed by atoms with Crippen molar-refractivity contribution in [3.05, 3.63) is 59.8 Å². The molecule has 5 heteroatoms. The maximum absolute atomic E-state index is 12.7. The van der Waals surface area contributed by atoms with Crippen molar-refractivity contribution in [1.82, 2.24) is 4.98 Å². The number of nitrogen functional groups attached to an aromatic ring is 1. The number of H-pyrrole nitrogens is 1. The van der Waals surface area contributed by atoms with Gasteiger partial charge in [0, 0.05) is 34.4 Å². The van der Waals surface area contributed by atoms with Gasteiger partial charge in [0.2, 0.25) is 0 Å². The summed E-state index contributed by atoms with van der Waals surface area (Å²) in [6, 6.07) is 13.2. The van der Waals surface area contributed by atoms with Gasteiger partial charge < -0.3 is 20.2 Å². The minimum Gasteiger partial charge on any atom is -0.496 e. The predicted octanol–water partition coefficient (Wildman–Crippen LogP) is 3.45. The first-order chi connectivity index (χ1) is 11.7. The average molecular weight is 324 g/mol. The molecule has 0 bridgehead atoms. The third-order valence-electron chi connectivity index (χ3n) is 4.02. The van der Waals surface area contributed by atoms with Gasteiger partial charge in [0.15, 0.2) is 0 Å². The summed E-state index contributed by atoms with van der Waals surface area (Å²) in [6.45, 7) is 2.11. The molecule has 3 rings (SSSR count). The van der Waals surface area contributed by atoms with Crippen LogP contribution in [-0.2, 0) is 9.53 Å². The molecule has 1 atom stereocenters. The Hall–Kier alpha value is -2.95. The molecule has 1 heterocycles. The molecule has 124 valence electrons. The van der Waals surface area contributed by atoms with Crippen LogP contribution in [0.15, 0.2) is 48.7 Å². The zero-order valence-corrected chi connectivity index (χ0v) is 13.7. The van der Waals surface area contributed by atoms with Crippen molar-refractivity contribution in [2.75, 3.05) is 19.5 Å². The minimum atomic E-state index is -0.586. The van der Waals surface area contributed by atoms with Crippen LogP contribution in [-0.4, -0.2) is 24.7 Å². The van der Waals surface area contributed by atoms with Crippen molar-refractivity contribution in [3.63, 3.8) is 0 Å². The summed E-state index contributed by atoms with van der Waals surface area (Å²) < 4.78 is 10.8. The van der Waals surface area contributed by atoms with Crippen LogP contribution < -0.4 is 10.5 Å². The number of hydrogen-bond donors (Lipinski definition) is 2. The zero-order chi connectivity index (χ0) is 17.1. The lowest BCUT2D eigenvalue weighted by molar-refractivity contribution is -0.143. The number of carbonyl (C=O) groups excluding carboxylic acids is 1. The Morgan fingerprint density at radius 2 is 2.00 bits per heavy atom. The normalized spacial score (nSPS) is 12.1.